The molecule has 2 aromatic carbocycles. The van der Waals surface area contributed by atoms with Crippen LogP contribution in [-0.4, -0.2) is 277 Å². The highest BCUT2D eigenvalue weighted by Gasteiger charge is 2.36. The average molecular weight is 1720 g/mol. The molecular formula is C88H142N12O22. The second kappa shape index (κ2) is 50.7. The van der Waals surface area contributed by atoms with Crippen LogP contribution in [0, 0.1) is 11.8 Å². The minimum atomic E-state index is -1.26. The Hall–Kier alpha value is -8.96. The van der Waals surface area contributed by atoms with Crippen molar-refractivity contribution in [2.24, 2.45) is 11.8 Å². The first kappa shape index (κ1) is 104. The summed E-state index contributed by atoms with van der Waals surface area (Å²) in [4.78, 5) is 198. The van der Waals surface area contributed by atoms with Crippen LogP contribution in [-0.2, 0) is 102 Å². The lowest BCUT2D eigenvalue weighted by Gasteiger charge is -2.34. The van der Waals surface area contributed by atoms with Crippen LogP contribution in [0.4, 0.5) is 4.79 Å². The number of esters is 6. The molecule has 2 saturated heterocycles. The quantitative estimate of drug-likeness (QED) is 0.0115. The third kappa shape index (κ3) is 43.4. The van der Waals surface area contributed by atoms with Gasteiger partial charge in [0.25, 0.3) is 11.8 Å². The van der Waals surface area contributed by atoms with Gasteiger partial charge in [0.1, 0.15) is 52.4 Å². The Labute approximate surface area is 720 Å². The van der Waals surface area contributed by atoms with Gasteiger partial charge in [-0.1, -0.05) is 55.3 Å². The van der Waals surface area contributed by atoms with Crippen LogP contribution >= 0.6 is 0 Å². The summed E-state index contributed by atoms with van der Waals surface area (Å²) in [7, 11) is 1.18. The Balaban J connectivity index is 1.21. The second-order valence-corrected chi connectivity index (χ2v) is 37.1. The number of carbonyl (C=O) groups excluding carboxylic acids is 14. The summed E-state index contributed by atoms with van der Waals surface area (Å²) in [5.41, 5.74) is -3.02. The van der Waals surface area contributed by atoms with Crippen LogP contribution < -0.4 is 37.2 Å². The van der Waals surface area contributed by atoms with Gasteiger partial charge in [-0.05, 0) is 223 Å². The Morgan fingerprint density at radius 1 is 0.451 bits per heavy atom. The molecule has 0 spiro atoms. The molecular weight excluding hydrogens is 1580 g/mol. The van der Waals surface area contributed by atoms with E-state index in [-0.39, 0.29) is 127 Å². The third-order valence-electron chi connectivity index (χ3n) is 20.1. The molecule has 0 bridgehead atoms. The molecule has 2 heterocycles. The van der Waals surface area contributed by atoms with Gasteiger partial charge in [-0.2, -0.15) is 0 Å². The number of aliphatic hydroxyl groups is 1. The maximum atomic E-state index is 14.4. The van der Waals surface area contributed by atoms with Gasteiger partial charge in [0, 0.05) is 103 Å². The number of hydrogen-bond donors (Lipinski definition) is 8. The number of nitrogens with zero attached hydrogens (tertiary/aromatic N) is 5. The summed E-state index contributed by atoms with van der Waals surface area (Å²) in [6.07, 6.45) is 4.71. The summed E-state index contributed by atoms with van der Waals surface area (Å²) in [5.74, 6) is -6.94. The number of urea groups is 1. The molecule has 3 fully saturated rings. The zero-order valence-corrected chi connectivity index (χ0v) is 75.3. The summed E-state index contributed by atoms with van der Waals surface area (Å²) in [6.45, 7) is 29.7. The van der Waals surface area contributed by atoms with Crippen LogP contribution in [0.3, 0.4) is 0 Å². The van der Waals surface area contributed by atoms with Crippen LogP contribution in [0.1, 0.15) is 238 Å². The van der Waals surface area contributed by atoms with E-state index in [9.17, 15) is 72.2 Å². The summed E-state index contributed by atoms with van der Waals surface area (Å²) in [6, 6.07) is 8.78. The van der Waals surface area contributed by atoms with Gasteiger partial charge in [-0.25, -0.2) is 19.2 Å². The summed E-state index contributed by atoms with van der Waals surface area (Å²) < 4.78 is 33.1. The molecule has 0 aromatic heterocycles. The van der Waals surface area contributed by atoms with E-state index in [1.165, 1.54) is 7.11 Å². The summed E-state index contributed by atoms with van der Waals surface area (Å²) >= 11 is 0. The highest BCUT2D eigenvalue weighted by molar-refractivity contribution is 6.01. The van der Waals surface area contributed by atoms with E-state index in [0.29, 0.717) is 134 Å². The van der Waals surface area contributed by atoms with E-state index >= 15 is 0 Å². The first-order valence-corrected chi connectivity index (χ1v) is 43.4. The number of carbonyl (C=O) groups is 14. The molecule has 122 heavy (non-hydrogen) atoms. The number of rotatable bonds is 43. The van der Waals surface area contributed by atoms with E-state index in [0.717, 1.165) is 16.3 Å². The first-order valence-electron chi connectivity index (χ1n) is 43.4. The Morgan fingerprint density at radius 3 is 1.43 bits per heavy atom. The van der Waals surface area contributed by atoms with Gasteiger partial charge in [0.05, 0.1) is 39.3 Å². The van der Waals surface area contributed by atoms with Crippen molar-refractivity contribution < 1.29 is 105 Å². The lowest BCUT2D eigenvalue weighted by Crippen LogP contribution is -2.53. The molecule has 8 amide bonds. The maximum absolute atomic E-state index is 14.4. The number of benzene rings is 2. The fourth-order valence-corrected chi connectivity index (χ4v) is 14.1. The van der Waals surface area contributed by atoms with Crippen molar-refractivity contribution in [1.29, 1.82) is 0 Å². The SMILES string of the molecule is COC(=O)C(CCCCNC(O)C(Cc1ccc2ccccc2c1)NC(=O)C1CCC(CNC(=O)C(CCCCNC(=O)CN2CCN(CC(=O)OC(C)(C)C)CCN(CC(=O)OC(C)(C)C)CCN(CC(=O)OC(C)(C)C)CC2)NC(=O)CCCCCCC(=O)ON2C(=O)CCC2=O)CC1)NC(=O)NC(CCC(=O)OC(C)(C)C)C(=O)OC(C)(C)C. The van der Waals surface area contributed by atoms with Crippen molar-refractivity contribution >= 4 is 94.0 Å². The van der Waals surface area contributed by atoms with E-state index in [1.807, 2.05) is 62.1 Å². The molecule has 5 rings (SSSR count). The number of nitrogens with one attached hydrogen (secondary N) is 7. The second-order valence-electron chi connectivity index (χ2n) is 37.1. The van der Waals surface area contributed by atoms with Crippen molar-refractivity contribution in [3.8, 4) is 0 Å². The minimum absolute atomic E-state index is 0.0178. The van der Waals surface area contributed by atoms with Gasteiger partial charge in [0.15, 0.2) is 0 Å². The molecule has 0 radical (unpaired) electrons. The van der Waals surface area contributed by atoms with Crippen molar-refractivity contribution in [2.75, 3.05) is 105 Å². The summed E-state index contributed by atoms with van der Waals surface area (Å²) in [5, 5.41) is 34.8. The van der Waals surface area contributed by atoms with Crippen molar-refractivity contribution in [3.63, 3.8) is 0 Å². The number of ether oxygens (including phenoxy) is 6. The van der Waals surface area contributed by atoms with Crippen molar-refractivity contribution in [3.05, 3.63) is 48.0 Å². The highest BCUT2D eigenvalue weighted by Crippen LogP contribution is 2.30. The molecule has 2 aliphatic heterocycles. The molecule has 5 atom stereocenters. The molecule has 5 unspecified atom stereocenters. The van der Waals surface area contributed by atoms with E-state index in [1.54, 1.807) is 104 Å². The van der Waals surface area contributed by atoms with Crippen LogP contribution in [0.5, 0.6) is 0 Å². The van der Waals surface area contributed by atoms with Gasteiger partial charge in [-0.3, -0.25) is 72.9 Å². The Bertz CT molecular complexity index is 3700. The molecule has 1 saturated carbocycles. The zero-order valence-electron chi connectivity index (χ0n) is 75.3. The molecule has 2 aromatic rings. The molecule has 34 heteroatoms. The first-order chi connectivity index (χ1) is 57.2. The van der Waals surface area contributed by atoms with E-state index in [2.05, 4.69) is 37.2 Å². The fourth-order valence-electron chi connectivity index (χ4n) is 14.1. The number of hydroxylamine groups is 2. The predicted molar refractivity (Wildman–Crippen MR) is 455 cm³/mol. The third-order valence-corrected chi connectivity index (χ3v) is 20.1. The van der Waals surface area contributed by atoms with Crippen LogP contribution in [0.25, 0.3) is 10.8 Å². The smallest absolute Gasteiger partial charge is 0.333 e. The molecule has 686 valence electrons. The standard InChI is InChI=1S/C88H142N12O22/c1-84(2,3)117-73(105)42-39-67(82(114)121-88(13,14)15)95-83(115)94-66(81(113)116-16)30-24-26-44-90-80(112)68(54-61-35-36-62-27-21-22-28-64(62)53-61)93-78(110)63-37-33-60(34-38-63)55-91-79(111)65(92-69(101)31-19-17-18-20-32-74(106)122-100-71(103)40-41-72(100)104)29-23-25-43-89-70(102)56-96-45-47-97(57-75(107)118-85(4,5)6)49-51-99(59-77(109)120-87(10,11)12)52-50-98(48-46-96)58-76(108)119-86(7,8)9/h21-22,27-28,35-36,53,60,63,65-68,80,90,112H,17-20,23-26,29-34,37-52,54-59H2,1-16H3,(H,89,102)(H,91,111)(H,92,101)(H,93,110)(H2,94,95,115). The van der Waals surface area contributed by atoms with Crippen LogP contribution in [0.15, 0.2) is 42.5 Å². The number of hydrogen-bond acceptors (Lipinski definition) is 27. The molecule has 34 nitrogen and oxygen atoms in total. The number of imide groups is 1. The zero-order chi connectivity index (χ0) is 90.5. The lowest BCUT2D eigenvalue weighted by molar-refractivity contribution is -0.197. The predicted octanol–water partition coefficient (Wildman–Crippen LogP) is 6.51. The Kier molecular flexibility index (Phi) is 43.1. The van der Waals surface area contributed by atoms with Gasteiger partial charge in [-0.15, -0.1) is 5.06 Å². The average Bonchev–Trinajstić information content (AvgIpc) is 1.71. The van der Waals surface area contributed by atoms with Gasteiger partial charge < -0.3 is 70.3 Å². The fraction of sp³-hybridized carbons (Fsp3) is 0.727. The number of amides is 8. The monoisotopic (exact) mass is 1720 g/mol. The topological polar surface area (TPSA) is 424 Å². The normalized spacial score (nSPS) is 17.8. The van der Waals surface area contributed by atoms with E-state index < -0.39 is 130 Å². The lowest BCUT2D eigenvalue weighted by atomic mass is 9.81. The number of aliphatic hydroxyl groups excluding tert-OH is 1. The van der Waals surface area contributed by atoms with Crippen molar-refractivity contribution in [1.82, 2.24) is 61.9 Å². The largest absolute Gasteiger partial charge is 0.467 e. The van der Waals surface area contributed by atoms with Gasteiger partial charge >= 0.3 is 47.8 Å². The maximum Gasteiger partial charge on any atom is 0.333 e. The van der Waals surface area contributed by atoms with Crippen LogP contribution in [0.2, 0.25) is 0 Å². The number of methoxy groups -OCH3 is 1. The highest BCUT2D eigenvalue weighted by atomic mass is 16.7. The number of unbranched alkanes of at least 4 members (excludes halogenated alkanes) is 5. The van der Waals surface area contributed by atoms with Crippen molar-refractivity contribution in [2.45, 2.75) is 297 Å². The number of fused-ring (bicyclic) bond motifs is 1. The molecule has 1 aliphatic carbocycles. The Morgan fingerprint density at radius 2 is 0.918 bits per heavy atom. The molecule has 3 aliphatic rings. The molecule has 8 N–H and O–H groups in total. The minimum Gasteiger partial charge on any atom is -0.467 e. The van der Waals surface area contributed by atoms with E-state index in [4.69, 9.17) is 33.3 Å². The van der Waals surface area contributed by atoms with Gasteiger partial charge in [0.2, 0.25) is 23.6 Å².